The van der Waals surface area contributed by atoms with E-state index in [-0.39, 0.29) is 0 Å². The Morgan fingerprint density at radius 3 is 2.47 bits per heavy atom. The highest BCUT2D eigenvalue weighted by molar-refractivity contribution is 5.82. The lowest BCUT2D eigenvalue weighted by molar-refractivity contribution is 0.112. The van der Waals surface area contributed by atoms with Crippen molar-refractivity contribution in [2.75, 3.05) is 0 Å². The predicted molar refractivity (Wildman–Crippen MR) is 78.8 cm³/mol. The molecule has 0 saturated heterocycles. The summed E-state index contributed by atoms with van der Waals surface area (Å²) in [5.41, 5.74) is 7.49. The number of hydrogen-bond donors (Lipinski definition) is 0. The van der Waals surface area contributed by atoms with Crippen LogP contribution in [0.15, 0.2) is 36.4 Å². The van der Waals surface area contributed by atoms with E-state index >= 15 is 0 Å². The van der Waals surface area contributed by atoms with E-state index in [1.54, 1.807) is 0 Å². The Morgan fingerprint density at radius 1 is 1.11 bits per heavy atom. The number of hydrogen-bond acceptors (Lipinski definition) is 1. The molecule has 0 fully saturated rings. The monoisotopic (exact) mass is 250 g/mol. The van der Waals surface area contributed by atoms with Crippen LogP contribution in [0.1, 0.15) is 53.2 Å². The van der Waals surface area contributed by atoms with E-state index in [9.17, 15) is 4.79 Å². The fourth-order valence-corrected chi connectivity index (χ4v) is 2.87. The average Bonchev–Trinajstić information content (AvgIpc) is 2.82. The van der Waals surface area contributed by atoms with Crippen LogP contribution in [0.5, 0.6) is 0 Å². The molecular formula is C18H18O. The highest BCUT2D eigenvalue weighted by atomic mass is 16.1. The van der Waals surface area contributed by atoms with Crippen molar-refractivity contribution in [3.63, 3.8) is 0 Å². The van der Waals surface area contributed by atoms with Crippen molar-refractivity contribution in [3.05, 3.63) is 58.7 Å². The van der Waals surface area contributed by atoms with Gasteiger partial charge in [-0.1, -0.05) is 44.2 Å². The predicted octanol–water partition coefficient (Wildman–Crippen LogP) is 4.58. The lowest BCUT2D eigenvalue weighted by atomic mass is 9.94. The molecule has 1 atom stereocenters. The second-order valence-corrected chi connectivity index (χ2v) is 5.44. The minimum Gasteiger partial charge on any atom is -0.298 e. The summed E-state index contributed by atoms with van der Waals surface area (Å²) in [5, 5.41) is 0. The largest absolute Gasteiger partial charge is 0.298 e. The van der Waals surface area contributed by atoms with E-state index < -0.39 is 0 Å². The zero-order valence-electron chi connectivity index (χ0n) is 11.4. The summed E-state index contributed by atoms with van der Waals surface area (Å²) in [7, 11) is 0. The van der Waals surface area contributed by atoms with Gasteiger partial charge in [-0.3, -0.25) is 4.79 Å². The fraction of sp³-hybridized carbons (Fsp3) is 0.278. The molecule has 1 aliphatic rings. The maximum atomic E-state index is 10.9. The molecule has 0 spiro atoms. The molecule has 0 aliphatic heterocycles. The summed E-state index contributed by atoms with van der Waals surface area (Å²) in [5.74, 6) is 0.611. The van der Waals surface area contributed by atoms with E-state index in [1.165, 1.54) is 34.2 Å². The van der Waals surface area contributed by atoms with Crippen LogP contribution < -0.4 is 0 Å². The molecule has 2 aromatic carbocycles. The van der Waals surface area contributed by atoms with Crippen LogP contribution in [0.25, 0.3) is 11.1 Å². The van der Waals surface area contributed by atoms with E-state index in [0.717, 1.165) is 18.3 Å². The summed E-state index contributed by atoms with van der Waals surface area (Å²) in [6, 6.07) is 12.8. The lowest BCUT2D eigenvalue weighted by Crippen LogP contribution is -1.92. The molecule has 1 aliphatic carbocycles. The second kappa shape index (κ2) is 4.65. The van der Waals surface area contributed by atoms with Gasteiger partial charge in [0, 0.05) is 5.56 Å². The van der Waals surface area contributed by atoms with Crippen LogP contribution in [-0.2, 0) is 6.42 Å². The van der Waals surface area contributed by atoms with Crippen molar-refractivity contribution in [2.45, 2.75) is 32.6 Å². The van der Waals surface area contributed by atoms with Gasteiger partial charge in [-0.15, -0.1) is 0 Å². The number of aldehydes is 1. The molecule has 1 nitrogen and oxygen atoms in total. The molecule has 0 N–H and O–H groups in total. The number of benzene rings is 2. The topological polar surface area (TPSA) is 17.1 Å². The van der Waals surface area contributed by atoms with Crippen molar-refractivity contribution in [3.8, 4) is 11.1 Å². The Balaban J connectivity index is 2.04. The van der Waals surface area contributed by atoms with Gasteiger partial charge in [-0.2, -0.15) is 0 Å². The molecule has 0 bridgehead atoms. The fourth-order valence-electron chi connectivity index (χ4n) is 2.87. The first-order chi connectivity index (χ1) is 9.22. The van der Waals surface area contributed by atoms with E-state index in [4.69, 9.17) is 0 Å². The van der Waals surface area contributed by atoms with Gasteiger partial charge >= 0.3 is 0 Å². The van der Waals surface area contributed by atoms with Crippen molar-refractivity contribution >= 4 is 6.29 Å². The number of carbonyl (C=O) groups excluding carboxylic acids is 1. The normalized spacial score (nSPS) is 13.8. The molecule has 19 heavy (non-hydrogen) atoms. The van der Waals surface area contributed by atoms with Gasteiger partial charge in [0.2, 0.25) is 0 Å². The summed E-state index contributed by atoms with van der Waals surface area (Å²) in [4.78, 5) is 10.9. The zero-order valence-corrected chi connectivity index (χ0v) is 11.4. The lowest BCUT2D eigenvalue weighted by Gasteiger charge is -2.10. The van der Waals surface area contributed by atoms with Gasteiger partial charge in [0.25, 0.3) is 0 Å². The highest BCUT2D eigenvalue weighted by Crippen LogP contribution is 2.38. The van der Waals surface area contributed by atoms with Crippen molar-refractivity contribution < 1.29 is 4.79 Å². The maximum Gasteiger partial charge on any atom is 0.150 e. The van der Waals surface area contributed by atoms with Crippen LogP contribution >= 0.6 is 0 Å². The Kier molecular flexibility index (Phi) is 2.98. The molecular weight excluding hydrogens is 232 g/mol. The van der Waals surface area contributed by atoms with Gasteiger partial charge < -0.3 is 0 Å². The Labute approximate surface area is 114 Å². The minimum atomic E-state index is 0.611. The minimum absolute atomic E-state index is 0.611. The van der Waals surface area contributed by atoms with E-state index in [0.29, 0.717) is 5.92 Å². The molecule has 0 saturated carbocycles. The van der Waals surface area contributed by atoms with Gasteiger partial charge in [0.1, 0.15) is 6.29 Å². The quantitative estimate of drug-likeness (QED) is 0.622. The molecule has 2 aromatic rings. The third-order valence-corrected chi connectivity index (χ3v) is 4.25. The van der Waals surface area contributed by atoms with Crippen LogP contribution in [0.3, 0.4) is 0 Å². The van der Waals surface area contributed by atoms with Crippen LogP contribution in [-0.4, -0.2) is 6.29 Å². The highest BCUT2D eigenvalue weighted by Gasteiger charge is 2.19. The average molecular weight is 250 g/mol. The zero-order chi connectivity index (χ0) is 13.4. The molecule has 1 heteroatoms. The molecule has 96 valence electrons. The van der Waals surface area contributed by atoms with Crippen LogP contribution in [0, 0.1) is 0 Å². The molecule has 0 heterocycles. The van der Waals surface area contributed by atoms with Gasteiger partial charge in [0.15, 0.2) is 0 Å². The first-order valence-electron chi connectivity index (χ1n) is 6.94. The Morgan fingerprint density at radius 2 is 1.79 bits per heavy atom. The smallest absolute Gasteiger partial charge is 0.150 e. The third kappa shape index (κ3) is 1.99. The van der Waals surface area contributed by atoms with Crippen LogP contribution in [0.4, 0.5) is 0 Å². The standard InChI is InChI=1S/C18H18O/c1-3-12(2)14-5-7-18-16(9-14)10-15-8-13(11-19)4-6-17(15)18/h4-9,11-12H,3,10H2,1-2H3. The van der Waals surface area contributed by atoms with Gasteiger partial charge in [-0.05, 0) is 52.6 Å². The number of fused-ring (bicyclic) bond motifs is 3. The van der Waals surface area contributed by atoms with E-state index in [1.807, 2.05) is 12.1 Å². The molecule has 1 unspecified atom stereocenters. The molecule has 0 aromatic heterocycles. The number of rotatable bonds is 3. The summed E-state index contributed by atoms with van der Waals surface area (Å²) < 4.78 is 0. The third-order valence-electron chi connectivity index (χ3n) is 4.25. The first-order valence-corrected chi connectivity index (χ1v) is 6.94. The Hall–Kier alpha value is -1.89. The molecule has 0 radical (unpaired) electrons. The van der Waals surface area contributed by atoms with Crippen molar-refractivity contribution in [1.29, 1.82) is 0 Å². The summed E-state index contributed by atoms with van der Waals surface area (Å²) in [6.07, 6.45) is 3.05. The van der Waals surface area contributed by atoms with Gasteiger partial charge in [-0.25, -0.2) is 0 Å². The molecule has 0 amide bonds. The maximum absolute atomic E-state index is 10.9. The summed E-state index contributed by atoms with van der Waals surface area (Å²) in [6.45, 7) is 4.50. The van der Waals surface area contributed by atoms with Crippen molar-refractivity contribution in [1.82, 2.24) is 0 Å². The first kappa shape index (κ1) is 12.2. The summed E-state index contributed by atoms with van der Waals surface area (Å²) >= 11 is 0. The van der Waals surface area contributed by atoms with Crippen molar-refractivity contribution in [2.24, 2.45) is 0 Å². The second-order valence-electron chi connectivity index (χ2n) is 5.44. The Bertz CT molecular complexity index is 640. The van der Waals surface area contributed by atoms with Gasteiger partial charge in [0.05, 0.1) is 0 Å². The molecule has 3 rings (SSSR count). The number of carbonyl (C=O) groups is 1. The van der Waals surface area contributed by atoms with Crippen LogP contribution in [0.2, 0.25) is 0 Å². The van der Waals surface area contributed by atoms with E-state index in [2.05, 4.69) is 38.1 Å². The SMILES string of the molecule is CCC(C)c1ccc2c(c1)Cc1cc(C=O)ccc1-2.